The van der Waals surface area contributed by atoms with Crippen molar-refractivity contribution in [1.29, 1.82) is 0 Å². The van der Waals surface area contributed by atoms with Crippen molar-refractivity contribution in [3.63, 3.8) is 0 Å². The standard InChI is InChI=1S/C13H15Cl3N2O3/c1-9(19)17-7-6-10-2-4-11(5-3-10)18-12(20)21-8-13(14,15)16/h2-5H,6-8H2,1H3,(H,17,19)(H,18,20). The first-order valence-corrected chi connectivity index (χ1v) is 7.23. The van der Waals surface area contributed by atoms with Crippen molar-refractivity contribution in [3.05, 3.63) is 29.8 Å². The average Bonchev–Trinajstić information content (AvgIpc) is 2.37. The molecule has 0 atom stereocenters. The minimum absolute atomic E-state index is 0.0648. The Labute approximate surface area is 137 Å². The van der Waals surface area contributed by atoms with Crippen LogP contribution in [0.4, 0.5) is 10.5 Å². The third-order valence-electron chi connectivity index (χ3n) is 2.35. The van der Waals surface area contributed by atoms with Gasteiger partial charge in [0.25, 0.3) is 0 Å². The Morgan fingerprint density at radius 2 is 1.81 bits per heavy atom. The molecule has 5 nitrogen and oxygen atoms in total. The summed E-state index contributed by atoms with van der Waals surface area (Å²) >= 11 is 16.4. The molecule has 2 N–H and O–H groups in total. The van der Waals surface area contributed by atoms with E-state index >= 15 is 0 Å². The van der Waals surface area contributed by atoms with E-state index in [0.717, 1.165) is 5.56 Å². The van der Waals surface area contributed by atoms with E-state index in [9.17, 15) is 9.59 Å². The van der Waals surface area contributed by atoms with Crippen LogP contribution in [0.15, 0.2) is 24.3 Å². The number of hydrogen-bond donors (Lipinski definition) is 2. The summed E-state index contributed by atoms with van der Waals surface area (Å²) in [5.74, 6) is -0.0648. The second-order valence-electron chi connectivity index (χ2n) is 4.25. The fourth-order valence-electron chi connectivity index (χ4n) is 1.44. The van der Waals surface area contributed by atoms with Crippen molar-refractivity contribution in [2.75, 3.05) is 18.5 Å². The predicted molar refractivity (Wildman–Crippen MR) is 84.1 cm³/mol. The fourth-order valence-corrected chi connectivity index (χ4v) is 1.60. The number of alkyl halides is 3. The Hall–Kier alpha value is -1.17. The summed E-state index contributed by atoms with van der Waals surface area (Å²) in [6.45, 7) is 1.70. The summed E-state index contributed by atoms with van der Waals surface area (Å²) < 4.78 is 3.10. The maximum absolute atomic E-state index is 11.4. The van der Waals surface area contributed by atoms with Gasteiger partial charge < -0.3 is 10.1 Å². The Bertz CT molecular complexity index is 486. The highest BCUT2D eigenvalue weighted by atomic mass is 35.6. The maximum atomic E-state index is 11.4. The highest BCUT2D eigenvalue weighted by molar-refractivity contribution is 6.67. The quantitative estimate of drug-likeness (QED) is 0.798. The number of nitrogens with one attached hydrogen (secondary N) is 2. The second kappa shape index (κ2) is 8.32. The van der Waals surface area contributed by atoms with Crippen LogP contribution in [0.2, 0.25) is 0 Å². The third-order valence-corrected chi connectivity index (χ3v) is 2.68. The minimum atomic E-state index is -1.63. The van der Waals surface area contributed by atoms with Gasteiger partial charge >= 0.3 is 6.09 Å². The van der Waals surface area contributed by atoms with Crippen LogP contribution in [-0.4, -0.2) is 28.9 Å². The van der Waals surface area contributed by atoms with Gasteiger partial charge in [-0.05, 0) is 24.1 Å². The third kappa shape index (κ3) is 8.65. The van der Waals surface area contributed by atoms with Gasteiger partial charge in [0.2, 0.25) is 9.70 Å². The van der Waals surface area contributed by atoms with Crippen molar-refractivity contribution < 1.29 is 14.3 Å². The molecule has 0 heterocycles. The molecule has 0 aliphatic rings. The molecule has 0 bridgehead atoms. The molecule has 0 unspecified atom stereocenters. The summed E-state index contributed by atoms with van der Waals surface area (Å²) in [7, 11) is 0. The van der Waals surface area contributed by atoms with Gasteiger partial charge in [0.15, 0.2) is 0 Å². The fraction of sp³-hybridized carbons (Fsp3) is 0.385. The molecule has 8 heteroatoms. The van der Waals surface area contributed by atoms with E-state index < -0.39 is 9.89 Å². The molecular formula is C13H15Cl3N2O3. The monoisotopic (exact) mass is 352 g/mol. The summed E-state index contributed by atoms with van der Waals surface area (Å²) in [6.07, 6.45) is 0.00437. The van der Waals surface area contributed by atoms with E-state index in [1.54, 1.807) is 12.1 Å². The lowest BCUT2D eigenvalue weighted by molar-refractivity contribution is -0.118. The zero-order chi connectivity index (χ0) is 15.9. The molecule has 0 spiro atoms. The van der Waals surface area contributed by atoms with Crippen LogP contribution >= 0.6 is 34.8 Å². The van der Waals surface area contributed by atoms with Gasteiger partial charge in [-0.3, -0.25) is 10.1 Å². The van der Waals surface area contributed by atoms with Gasteiger partial charge in [-0.15, -0.1) is 0 Å². The Balaban J connectivity index is 2.40. The van der Waals surface area contributed by atoms with E-state index in [4.69, 9.17) is 39.5 Å². The molecule has 1 aromatic carbocycles. The maximum Gasteiger partial charge on any atom is 0.411 e. The molecular weight excluding hydrogens is 339 g/mol. The van der Waals surface area contributed by atoms with Gasteiger partial charge in [0, 0.05) is 19.2 Å². The Morgan fingerprint density at radius 3 is 2.33 bits per heavy atom. The molecule has 0 saturated carbocycles. The molecule has 21 heavy (non-hydrogen) atoms. The summed E-state index contributed by atoms with van der Waals surface area (Å²) in [5.41, 5.74) is 1.59. The number of rotatable bonds is 5. The SMILES string of the molecule is CC(=O)NCCc1ccc(NC(=O)OCC(Cl)(Cl)Cl)cc1. The number of benzene rings is 1. The molecule has 0 aliphatic heterocycles. The van der Waals surface area contributed by atoms with Crippen LogP contribution in [0.1, 0.15) is 12.5 Å². The predicted octanol–water partition coefficient (Wildman–Crippen LogP) is 3.28. The molecule has 0 aliphatic carbocycles. The summed E-state index contributed by atoms with van der Waals surface area (Å²) in [4.78, 5) is 22.2. The van der Waals surface area contributed by atoms with Gasteiger partial charge in [-0.2, -0.15) is 0 Å². The second-order valence-corrected chi connectivity index (χ2v) is 6.76. The largest absolute Gasteiger partial charge is 0.445 e. The average molecular weight is 354 g/mol. The van der Waals surface area contributed by atoms with Crippen LogP contribution in [0.5, 0.6) is 0 Å². The zero-order valence-corrected chi connectivity index (χ0v) is 13.6. The number of ether oxygens (including phenoxy) is 1. The number of amides is 2. The van der Waals surface area contributed by atoms with Crippen LogP contribution in [-0.2, 0) is 16.0 Å². The highest BCUT2D eigenvalue weighted by Crippen LogP contribution is 2.26. The van der Waals surface area contributed by atoms with Crippen molar-refractivity contribution >= 4 is 52.5 Å². The molecule has 0 aromatic heterocycles. The highest BCUT2D eigenvalue weighted by Gasteiger charge is 2.22. The normalized spacial score (nSPS) is 10.9. The lowest BCUT2D eigenvalue weighted by Crippen LogP contribution is -2.22. The van der Waals surface area contributed by atoms with Gasteiger partial charge in [-0.1, -0.05) is 46.9 Å². The van der Waals surface area contributed by atoms with Crippen molar-refractivity contribution in [2.45, 2.75) is 17.1 Å². The zero-order valence-electron chi connectivity index (χ0n) is 11.3. The summed E-state index contributed by atoms with van der Waals surface area (Å²) in [6, 6.07) is 7.12. The first-order valence-electron chi connectivity index (χ1n) is 6.10. The molecule has 116 valence electrons. The van der Waals surface area contributed by atoms with Crippen LogP contribution in [0.25, 0.3) is 0 Å². The first-order chi connectivity index (χ1) is 9.76. The van der Waals surface area contributed by atoms with Gasteiger partial charge in [0.1, 0.15) is 6.61 Å². The van der Waals surface area contributed by atoms with Crippen LogP contribution in [0, 0.1) is 0 Å². The first kappa shape index (κ1) is 17.9. The van der Waals surface area contributed by atoms with E-state index in [1.165, 1.54) is 6.92 Å². The lowest BCUT2D eigenvalue weighted by Gasteiger charge is -2.12. The molecule has 0 fully saturated rings. The van der Waals surface area contributed by atoms with E-state index in [-0.39, 0.29) is 12.5 Å². The summed E-state index contributed by atoms with van der Waals surface area (Å²) in [5, 5.41) is 5.21. The van der Waals surface area contributed by atoms with Gasteiger partial charge in [-0.25, -0.2) is 4.79 Å². The molecule has 1 rings (SSSR count). The van der Waals surface area contributed by atoms with Crippen LogP contribution < -0.4 is 10.6 Å². The number of anilines is 1. The van der Waals surface area contributed by atoms with Crippen molar-refractivity contribution in [3.8, 4) is 0 Å². The number of halogens is 3. The smallest absolute Gasteiger partial charge is 0.411 e. The van der Waals surface area contributed by atoms with E-state index in [0.29, 0.717) is 18.7 Å². The van der Waals surface area contributed by atoms with Crippen molar-refractivity contribution in [2.24, 2.45) is 0 Å². The molecule has 2 amide bonds. The van der Waals surface area contributed by atoms with Crippen LogP contribution in [0.3, 0.4) is 0 Å². The van der Waals surface area contributed by atoms with E-state index in [1.807, 2.05) is 12.1 Å². The Kier molecular flexibility index (Phi) is 7.08. The van der Waals surface area contributed by atoms with Crippen molar-refractivity contribution in [1.82, 2.24) is 5.32 Å². The lowest BCUT2D eigenvalue weighted by atomic mass is 10.1. The van der Waals surface area contributed by atoms with Gasteiger partial charge in [0.05, 0.1) is 0 Å². The topological polar surface area (TPSA) is 67.4 Å². The Morgan fingerprint density at radius 1 is 1.19 bits per heavy atom. The molecule has 0 saturated heterocycles. The number of hydrogen-bond acceptors (Lipinski definition) is 3. The van der Waals surface area contributed by atoms with E-state index in [2.05, 4.69) is 10.6 Å². The number of carbonyl (C=O) groups is 2. The molecule has 0 radical (unpaired) electrons. The minimum Gasteiger partial charge on any atom is -0.445 e. The number of carbonyl (C=O) groups excluding carboxylic acids is 2. The molecule has 1 aromatic rings.